The summed E-state index contributed by atoms with van der Waals surface area (Å²) in [5.74, 6) is -0.165. The van der Waals surface area contributed by atoms with Gasteiger partial charge in [0.1, 0.15) is 0 Å². The average Bonchev–Trinajstić information content (AvgIpc) is 2.66. The quantitative estimate of drug-likeness (QED) is 0.687. The maximum absolute atomic E-state index is 12.8. The molecule has 0 unspecified atom stereocenters. The molecule has 0 spiro atoms. The fraction of sp³-hybridized carbons (Fsp3) is 0.667. The highest BCUT2D eigenvalue weighted by molar-refractivity contribution is 7.88. The van der Waals surface area contributed by atoms with Gasteiger partial charge in [-0.3, -0.25) is 4.79 Å². The highest BCUT2D eigenvalue weighted by atomic mass is 35.5. The minimum absolute atomic E-state index is 0.0911. The zero-order chi connectivity index (χ0) is 20.9. The third-order valence-corrected chi connectivity index (χ3v) is 8.44. The van der Waals surface area contributed by atoms with Crippen LogP contribution < -0.4 is 5.32 Å². The van der Waals surface area contributed by atoms with Crippen molar-refractivity contribution < 1.29 is 13.2 Å². The minimum atomic E-state index is -3.48. The van der Waals surface area contributed by atoms with Crippen LogP contribution in [-0.4, -0.2) is 37.8 Å². The summed E-state index contributed by atoms with van der Waals surface area (Å²) in [5.41, 5.74) is 0.542. The lowest BCUT2D eigenvalue weighted by Gasteiger charge is -2.32. The predicted molar refractivity (Wildman–Crippen MR) is 118 cm³/mol. The smallest absolute Gasteiger partial charge is 0.223 e. The van der Waals surface area contributed by atoms with Crippen molar-refractivity contribution in [2.45, 2.75) is 69.6 Å². The van der Waals surface area contributed by atoms with Gasteiger partial charge in [0.25, 0.3) is 0 Å². The molecule has 1 aliphatic carbocycles. The normalized spacial score (nSPS) is 20.8. The van der Waals surface area contributed by atoms with Gasteiger partial charge in [0.05, 0.1) is 5.75 Å². The number of hydrogen-bond acceptors (Lipinski definition) is 3. The van der Waals surface area contributed by atoms with Crippen molar-refractivity contribution in [2.24, 2.45) is 5.92 Å². The van der Waals surface area contributed by atoms with Gasteiger partial charge in [0.15, 0.2) is 0 Å². The minimum Gasteiger partial charge on any atom is -0.353 e. The van der Waals surface area contributed by atoms with E-state index >= 15 is 0 Å². The monoisotopic (exact) mass is 460 g/mol. The molecule has 1 aromatic rings. The Balaban J connectivity index is 1.51. The van der Waals surface area contributed by atoms with Crippen molar-refractivity contribution >= 4 is 39.1 Å². The Bertz CT molecular complexity index is 800. The fourth-order valence-electron chi connectivity index (χ4n) is 4.24. The van der Waals surface area contributed by atoms with Crippen LogP contribution in [0.2, 0.25) is 10.0 Å². The molecule has 2 fully saturated rings. The highest BCUT2D eigenvalue weighted by Gasteiger charge is 2.32. The molecule has 0 bridgehead atoms. The first kappa shape index (κ1) is 22.9. The van der Waals surface area contributed by atoms with E-state index in [0.29, 0.717) is 41.5 Å². The van der Waals surface area contributed by atoms with Gasteiger partial charge in [-0.25, -0.2) is 12.7 Å². The Morgan fingerprint density at radius 2 is 1.62 bits per heavy atom. The average molecular weight is 461 g/mol. The second kappa shape index (κ2) is 10.5. The SMILES string of the molecule is O=C(NC1CCCCCCC1)C1CCN(S(=O)(=O)Cc2ccc(Cl)cc2Cl)CC1. The maximum Gasteiger partial charge on any atom is 0.223 e. The number of carbonyl (C=O) groups excluding carboxylic acids is 1. The van der Waals surface area contributed by atoms with Crippen LogP contribution in [0, 0.1) is 5.92 Å². The molecule has 1 saturated heterocycles. The first-order valence-corrected chi connectivity index (χ1v) is 12.9. The van der Waals surface area contributed by atoms with Gasteiger partial charge in [-0.1, -0.05) is 61.4 Å². The van der Waals surface area contributed by atoms with Gasteiger partial charge < -0.3 is 5.32 Å². The Labute approximate surface area is 184 Å². The summed E-state index contributed by atoms with van der Waals surface area (Å²) in [7, 11) is -3.48. The maximum atomic E-state index is 12.8. The van der Waals surface area contributed by atoms with Gasteiger partial charge in [0.2, 0.25) is 15.9 Å². The molecule has 1 N–H and O–H groups in total. The number of amides is 1. The van der Waals surface area contributed by atoms with Gasteiger partial charge in [0, 0.05) is 35.1 Å². The van der Waals surface area contributed by atoms with Crippen LogP contribution in [0.5, 0.6) is 0 Å². The van der Waals surface area contributed by atoms with E-state index in [2.05, 4.69) is 5.32 Å². The predicted octanol–water partition coefficient (Wildman–Crippen LogP) is 4.76. The first-order chi connectivity index (χ1) is 13.8. The number of halogens is 2. The van der Waals surface area contributed by atoms with Crippen LogP contribution in [0.4, 0.5) is 0 Å². The van der Waals surface area contributed by atoms with E-state index in [1.54, 1.807) is 18.2 Å². The largest absolute Gasteiger partial charge is 0.353 e. The molecule has 1 aliphatic heterocycles. The fourth-order valence-corrected chi connectivity index (χ4v) is 6.39. The zero-order valence-electron chi connectivity index (χ0n) is 16.7. The van der Waals surface area contributed by atoms with Gasteiger partial charge in [-0.15, -0.1) is 0 Å². The number of sulfonamides is 1. The topological polar surface area (TPSA) is 66.5 Å². The third kappa shape index (κ3) is 6.58. The summed E-state index contributed by atoms with van der Waals surface area (Å²) < 4.78 is 27.1. The third-order valence-electron chi connectivity index (χ3n) is 6.02. The number of rotatable bonds is 5. The molecule has 8 heteroatoms. The van der Waals surface area contributed by atoms with E-state index in [-0.39, 0.29) is 23.6 Å². The van der Waals surface area contributed by atoms with E-state index in [4.69, 9.17) is 23.2 Å². The molecule has 1 heterocycles. The molecule has 2 aliphatic rings. The summed E-state index contributed by atoms with van der Waals surface area (Å²) >= 11 is 12.0. The second-order valence-electron chi connectivity index (χ2n) is 8.22. The van der Waals surface area contributed by atoms with Crippen LogP contribution in [-0.2, 0) is 20.6 Å². The molecular formula is C21H30Cl2N2O3S. The Hall–Kier alpha value is -0.820. The molecule has 5 nitrogen and oxygen atoms in total. The lowest BCUT2D eigenvalue weighted by Crippen LogP contribution is -2.45. The molecule has 0 atom stereocenters. The summed E-state index contributed by atoms with van der Waals surface area (Å²) in [6, 6.07) is 5.12. The van der Waals surface area contributed by atoms with Crippen LogP contribution in [0.15, 0.2) is 18.2 Å². The van der Waals surface area contributed by atoms with Crippen molar-refractivity contribution in [3.8, 4) is 0 Å². The number of hydrogen-bond donors (Lipinski definition) is 1. The molecule has 1 amide bonds. The van der Waals surface area contributed by atoms with E-state index in [9.17, 15) is 13.2 Å². The molecule has 3 rings (SSSR count). The van der Waals surface area contributed by atoms with Gasteiger partial charge >= 0.3 is 0 Å². The second-order valence-corrected chi connectivity index (χ2v) is 11.0. The van der Waals surface area contributed by atoms with Crippen molar-refractivity contribution in [3.63, 3.8) is 0 Å². The van der Waals surface area contributed by atoms with E-state index in [1.165, 1.54) is 36.4 Å². The van der Waals surface area contributed by atoms with Crippen LogP contribution in [0.25, 0.3) is 0 Å². The van der Waals surface area contributed by atoms with E-state index in [0.717, 1.165) is 12.8 Å². The van der Waals surface area contributed by atoms with Crippen molar-refractivity contribution in [1.29, 1.82) is 0 Å². The Kier molecular flexibility index (Phi) is 8.25. The lowest BCUT2D eigenvalue weighted by molar-refractivity contribution is -0.127. The number of nitrogens with zero attached hydrogens (tertiary/aromatic N) is 1. The lowest BCUT2D eigenvalue weighted by atomic mass is 9.94. The number of piperidine rings is 1. The molecule has 29 heavy (non-hydrogen) atoms. The summed E-state index contributed by atoms with van der Waals surface area (Å²) in [4.78, 5) is 12.7. The molecular weight excluding hydrogens is 431 g/mol. The highest BCUT2D eigenvalue weighted by Crippen LogP contribution is 2.27. The van der Waals surface area contributed by atoms with E-state index in [1.807, 2.05) is 0 Å². The van der Waals surface area contributed by atoms with Gasteiger partial charge in [-0.05, 0) is 43.4 Å². The Morgan fingerprint density at radius 3 is 2.24 bits per heavy atom. The van der Waals surface area contributed by atoms with Crippen LogP contribution in [0.1, 0.15) is 63.4 Å². The van der Waals surface area contributed by atoms with Crippen LogP contribution in [0.3, 0.4) is 0 Å². The number of nitrogens with one attached hydrogen (secondary N) is 1. The van der Waals surface area contributed by atoms with Crippen molar-refractivity contribution in [3.05, 3.63) is 33.8 Å². The van der Waals surface area contributed by atoms with Gasteiger partial charge in [-0.2, -0.15) is 0 Å². The van der Waals surface area contributed by atoms with Crippen molar-refractivity contribution in [2.75, 3.05) is 13.1 Å². The molecule has 1 aromatic carbocycles. The molecule has 1 saturated carbocycles. The number of benzene rings is 1. The zero-order valence-corrected chi connectivity index (χ0v) is 19.0. The van der Waals surface area contributed by atoms with Crippen LogP contribution >= 0.6 is 23.2 Å². The summed E-state index contributed by atoms with van der Waals surface area (Å²) in [6.07, 6.45) is 9.39. The number of carbonyl (C=O) groups is 1. The molecule has 0 aromatic heterocycles. The first-order valence-electron chi connectivity index (χ1n) is 10.6. The molecule has 162 valence electrons. The summed E-state index contributed by atoms with van der Waals surface area (Å²) in [5, 5.41) is 4.06. The van der Waals surface area contributed by atoms with Crippen molar-refractivity contribution in [1.82, 2.24) is 9.62 Å². The Morgan fingerprint density at radius 1 is 1.00 bits per heavy atom. The summed E-state index contributed by atoms with van der Waals surface area (Å²) in [6.45, 7) is 0.743. The molecule has 0 radical (unpaired) electrons. The van der Waals surface area contributed by atoms with E-state index < -0.39 is 10.0 Å². The standard InChI is InChI=1S/C21H30Cl2N2O3S/c22-18-9-8-17(20(23)14-18)15-29(27,28)25-12-10-16(11-13-25)21(26)24-19-6-4-2-1-3-5-7-19/h8-9,14,16,19H,1-7,10-13,15H2,(H,24,26).